The van der Waals surface area contributed by atoms with Crippen molar-refractivity contribution in [2.24, 2.45) is 0 Å². The molecule has 12 aromatic heterocycles. The summed E-state index contributed by atoms with van der Waals surface area (Å²) >= 11 is 14.2. The fourth-order valence-electron chi connectivity index (χ4n) is 7.25. The molecule has 0 aliphatic rings. The normalized spacial score (nSPS) is 9.48. The van der Waals surface area contributed by atoms with Crippen LogP contribution in [0.25, 0.3) is 63.8 Å². The molecule has 0 amide bonds. The van der Waals surface area contributed by atoms with Crippen LogP contribution in [0.15, 0.2) is 204 Å². The van der Waals surface area contributed by atoms with Crippen molar-refractivity contribution >= 4 is 80.6 Å². The summed E-state index contributed by atoms with van der Waals surface area (Å²) in [5, 5.41) is 12.2. The number of hydrogen-bond donors (Lipinski definition) is 1. The number of rotatable bonds is 16. The van der Waals surface area contributed by atoms with Gasteiger partial charge >= 0.3 is 0 Å². The lowest BCUT2D eigenvalue weighted by molar-refractivity contribution is 0.367. The number of aryl methyl sites for hydroxylation is 4. The molecule has 0 aliphatic heterocycles. The third-order valence-electron chi connectivity index (χ3n) is 11.1. The summed E-state index contributed by atoms with van der Waals surface area (Å²) in [6.07, 6.45) is 11.1. The number of furan rings is 6. The number of unbranched alkanes of at least 4 members (excludes halogenated alkanes) is 5. The largest absolute Gasteiger partial charge is 0.461 e. The lowest BCUT2D eigenvalue weighted by atomic mass is 10.1. The summed E-state index contributed by atoms with van der Waals surface area (Å²) < 4.78 is 45.1. The Labute approximate surface area is 558 Å². The molecule has 0 fully saturated rings. The molecular formula is C74H99FO6S7. The Hall–Kier alpha value is -5.84. The molecule has 88 heavy (non-hydrogen) atoms. The van der Waals surface area contributed by atoms with Crippen molar-refractivity contribution in [3.8, 4) is 63.8 Å². The van der Waals surface area contributed by atoms with Gasteiger partial charge in [-0.1, -0.05) is 165 Å². The molecule has 0 unspecified atom stereocenters. The zero-order valence-corrected chi connectivity index (χ0v) is 60.9. The fourth-order valence-corrected chi connectivity index (χ4v) is 11.5. The van der Waals surface area contributed by atoms with Gasteiger partial charge in [-0.05, 0) is 162 Å². The standard InChI is InChI=1S/C14H18OS.C13H16OS.C9H8OS2.2C9H8OS.C8H5FOS.6C2H6/c1-2-3-4-5-7-12-9-10-13(15-12)14-8-6-11-16-14;1-2-3-4-6-11-8-9-12(14-11)13-7-5-10-15-13;11-6-7-3-4-8(10-7)9-2-1-5-12-9;2*1-7-4-5-8(10-7)9-3-2-6-11-9;9-8-4-3-6(10-8)7-2-1-5-11-7;6*1-2/h6,8-11H,2-5,7H2,1H3;5,7-10H,2-4,6H2,1H3;1-5,11H,6H2;2*2-6H,1H3;1-5H;6*1-2H3. The van der Waals surface area contributed by atoms with Crippen LogP contribution in [0.1, 0.15) is 171 Å². The van der Waals surface area contributed by atoms with Crippen molar-refractivity contribution in [3.05, 3.63) is 213 Å². The Morgan fingerprint density at radius 2 is 0.568 bits per heavy atom. The summed E-state index contributed by atoms with van der Waals surface area (Å²) in [4.78, 5) is 6.95. The molecule has 480 valence electrons. The van der Waals surface area contributed by atoms with Crippen molar-refractivity contribution in [3.63, 3.8) is 0 Å². The molecule has 0 saturated carbocycles. The third kappa shape index (κ3) is 31.1. The van der Waals surface area contributed by atoms with E-state index in [1.807, 2.05) is 191 Å². The van der Waals surface area contributed by atoms with E-state index in [9.17, 15) is 4.39 Å². The summed E-state index contributed by atoms with van der Waals surface area (Å²) in [5.41, 5.74) is 0. The molecule has 12 rings (SSSR count). The van der Waals surface area contributed by atoms with Crippen LogP contribution in [0, 0.1) is 19.9 Å². The van der Waals surface area contributed by atoms with Gasteiger partial charge in [-0.3, -0.25) is 0 Å². The zero-order valence-electron chi connectivity index (χ0n) is 55.1. The minimum Gasteiger partial charge on any atom is -0.461 e. The van der Waals surface area contributed by atoms with E-state index >= 15 is 0 Å². The monoisotopic (exact) mass is 1330 g/mol. The first-order valence-electron chi connectivity index (χ1n) is 31.3. The first-order chi connectivity index (χ1) is 43.3. The first kappa shape index (κ1) is 80.2. The molecule has 0 aliphatic carbocycles. The van der Waals surface area contributed by atoms with E-state index in [1.54, 1.807) is 62.8 Å². The highest BCUT2D eigenvalue weighted by molar-refractivity contribution is 7.79. The Kier molecular flexibility index (Phi) is 47.4. The van der Waals surface area contributed by atoms with Gasteiger partial charge in [-0.15, -0.1) is 68.0 Å². The van der Waals surface area contributed by atoms with Gasteiger partial charge in [-0.25, -0.2) is 0 Å². The summed E-state index contributed by atoms with van der Waals surface area (Å²) in [6, 6.07) is 47.0. The van der Waals surface area contributed by atoms with Gasteiger partial charge in [0.15, 0.2) is 0 Å². The maximum Gasteiger partial charge on any atom is 0.278 e. The number of hydrogen-bond acceptors (Lipinski definition) is 13. The molecule has 0 bridgehead atoms. The maximum atomic E-state index is 12.4. The van der Waals surface area contributed by atoms with Crippen molar-refractivity contribution in [1.29, 1.82) is 0 Å². The van der Waals surface area contributed by atoms with Gasteiger partial charge in [0.25, 0.3) is 6.01 Å². The van der Waals surface area contributed by atoms with E-state index in [0.717, 1.165) is 75.3 Å². The molecule has 0 saturated heterocycles. The third-order valence-corrected chi connectivity index (χ3v) is 16.7. The van der Waals surface area contributed by atoms with E-state index in [-0.39, 0.29) is 0 Å². The van der Waals surface area contributed by atoms with Gasteiger partial charge in [0.1, 0.15) is 63.4 Å². The van der Waals surface area contributed by atoms with Crippen LogP contribution in [0.2, 0.25) is 0 Å². The van der Waals surface area contributed by atoms with Crippen LogP contribution in [0.3, 0.4) is 0 Å². The van der Waals surface area contributed by atoms with E-state index in [2.05, 4.69) is 97.9 Å². The van der Waals surface area contributed by atoms with Crippen LogP contribution >= 0.6 is 80.6 Å². The fraction of sp³-hybridized carbons (Fsp3) is 0.351. The Bertz CT molecular complexity index is 3120. The second kappa shape index (κ2) is 52.0. The summed E-state index contributed by atoms with van der Waals surface area (Å²) in [6.45, 7) is 32.4. The number of thiophene rings is 6. The predicted octanol–water partition coefficient (Wildman–Crippen LogP) is 29.2. The van der Waals surface area contributed by atoms with E-state index in [0.29, 0.717) is 11.5 Å². The van der Waals surface area contributed by atoms with Gasteiger partial charge in [0.05, 0.1) is 29.3 Å². The van der Waals surface area contributed by atoms with Crippen molar-refractivity contribution in [2.45, 2.75) is 174 Å². The van der Waals surface area contributed by atoms with Crippen molar-refractivity contribution in [1.82, 2.24) is 0 Å². The van der Waals surface area contributed by atoms with Gasteiger partial charge in [-0.2, -0.15) is 17.0 Å². The van der Waals surface area contributed by atoms with Gasteiger partial charge in [0.2, 0.25) is 0 Å². The second-order valence-electron chi connectivity index (χ2n) is 17.0. The Morgan fingerprint density at radius 1 is 0.307 bits per heavy atom. The van der Waals surface area contributed by atoms with Crippen molar-refractivity contribution in [2.75, 3.05) is 0 Å². The minimum atomic E-state index is -0.534. The molecule has 0 N–H and O–H groups in total. The molecule has 14 heteroatoms. The summed E-state index contributed by atoms with van der Waals surface area (Å²) in [7, 11) is 0. The van der Waals surface area contributed by atoms with Crippen LogP contribution in [0.5, 0.6) is 0 Å². The maximum absolute atomic E-state index is 12.4. The minimum absolute atomic E-state index is 0.534. The highest BCUT2D eigenvalue weighted by Gasteiger charge is 2.08. The van der Waals surface area contributed by atoms with Crippen LogP contribution in [-0.2, 0) is 18.6 Å². The zero-order chi connectivity index (χ0) is 65.2. The highest BCUT2D eigenvalue weighted by Crippen LogP contribution is 2.31. The predicted molar refractivity (Wildman–Crippen MR) is 393 cm³/mol. The van der Waals surface area contributed by atoms with Crippen molar-refractivity contribution < 1.29 is 30.9 Å². The van der Waals surface area contributed by atoms with Crippen LogP contribution in [-0.4, -0.2) is 0 Å². The van der Waals surface area contributed by atoms with Gasteiger partial charge in [0, 0.05) is 24.7 Å². The molecule has 0 radical (unpaired) electrons. The molecule has 0 spiro atoms. The molecule has 12 aromatic rings. The van der Waals surface area contributed by atoms with E-state index < -0.39 is 6.01 Å². The number of halogens is 1. The second-order valence-corrected chi connectivity index (χ2v) is 23.0. The Balaban J connectivity index is 0.000000512. The average molecular weight is 1330 g/mol. The lowest BCUT2D eigenvalue weighted by Crippen LogP contribution is -1.82. The quantitative estimate of drug-likeness (QED) is 0.0767. The topological polar surface area (TPSA) is 78.8 Å². The van der Waals surface area contributed by atoms with E-state index in [1.165, 1.54) is 86.7 Å². The molecule has 0 aromatic carbocycles. The van der Waals surface area contributed by atoms with Crippen LogP contribution in [0.4, 0.5) is 4.39 Å². The lowest BCUT2D eigenvalue weighted by Gasteiger charge is -1.96. The smallest absolute Gasteiger partial charge is 0.278 e. The average Bonchev–Trinajstić information content (AvgIpc) is 4.42. The first-order valence-corrected chi connectivity index (χ1v) is 37.2. The molecular weight excluding hydrogens is 1230 g/mol. The Morgan fingerprint density at radius 3 is 0.818 bits per heavy atom. The highest BCUT2D eigenvalue weighted by atomic mass is 32.1. The molecule has 0 atom stereocenters. The van der Waals surface area contributed by atoms with Gasteiger partial charge < -0.3 is 26.5 Å². The SMILES string of the molecule is CC.CC.CC.CC.CC.CC.CCCCCCc1ccc(-c2cccs2)o1.CCCCCc1ccc(-c2cccs2)o1.Cc1ccc(-c2cccs2)o1.Cc1ccc(-c2cccs2)o1.Fc1ccc(-c2cccs2)o1.SCc1ccc(-c2cccs2)o1. The number of thiol groups is 1. The molecule has 12 heterocycles. The van der Waals surface area contributed by atoms with Crippen LogP contribution < -0.4 is 0 Å². The van der Waals surface area contributed by atoms with E-state index in [4.69, 9.17) is 26.5 Å². The molecule has 6 nitrogen and oxygen atoms in total. The summed E-state index contributed by atoms with van der Waals surface area (Å²) in [5.74, 6) is 11.2.